The van der Waals surface area contributed by atoms with E-state index in [1.54, 1.807) is 0 Å². The molecule has 2 aromatic rings. The van der Waals surface area contributed by atoms with Crippen molar-refractivity contribution in [3.8, 4) is 11.4 Å². The van der Waals surface area contributed by atoms with Crippen LogP contribution in [0.1, 0.15) is 18.3 Å². The van der Waals surface area contributed by atoms with Gasteiger partial charge in [-0.1, -0.05) is 0 Å². The Morgan fingerprint density at radius 2 is 1.76 bits per heavy atom. The molecule has 3 nitrogen and oxygen atoms in total. The van der Waals surface area contributed by atoms with Gasteiger partial charge in [0.15, 0.2) is 0 Å². The van der Waals surface area contributed by atoms with Gasteiger partial charge in [-0.3, -0.25) is 0 Å². The Morgan fingerprint density at radius 1 is 1.12 bits per heavy atom. The average Bonchev–Trinajstić information content (AvgIpc) is 2.62. The summed E-state index contributed by atoms with van der Waals surface area (Å²) >= 11 is 0. The number of nitrogen functional groups attached to an aromatic ring is 1. The van der Waals surface area contributed by atoms with Crippen LogP contribution in [0.5, 0.6) is 5.75 Å². The van der Waals surface area contributed by atoms with Gasteiger partial charge in [-0.15, -0.1) is 0 Å². The number of aromatic nitrogens is 1. The molecule has 0 saturated carbocycles. The van der Waals surface area contributed by atoms with Crippen molar-refractivity contribution >= 4 is 5.69 Å². The largest absolute Gasteiger partial charge is 0.492 e. The summed E-state index contributed by atoms with van der Waals surface area (Å²) in [4.78, 5) is 0. The van der Waals surface area contributed by atoms with E-state index in [1.165, 1.54) is 11.4 Å². The van der Waals surface area contributed by atoms with Crippen molar-refractivity contribution in [1.29, 1.82) is 0 Å². The van der Waals surface area contributed by atoms with Crippen LogP contribution in [0.2, 0.25) is 0 Å². The lowest BCUT2D eigenvalue weighted by atomic mass is 10.2. The maximum Gasteiger partial charge on any atom is 0.143 e. The summed E-state index contributed by atoms with van der Waals surface area (Å²) in [6.07, 6.45) is 0. The number of nitrogens with zero attached hydrogens (tertiary/aromatic N) is 1. The Morgan fingerprint density at radius 3 is 2.35 bits per heavy atom. The zero-order chi connectivity index (χ0) is 12.4. The number of aryl methyl sites for hydroxylation is 2. The minimum Gasteiger partial charge on any atom is -0.492 e. The van der Waals surface area contributed by atoms with Crippen molar-refractivity contribution in [1.82, 2.24) is 4.57 Å². The predicted molar refractivity (Wildman–Crippen MR) is 70.8 cm³/mol. The van der Waals surface area contributed by atoms with Crippen LogP contribution >= 0.6 is 0 Å². The molecule has 0 radical (unpaired) electrons. The minimum absolute atomic E-state index is 0.649. The Hall–Kier alpha value is -1.90. The molecule has 0 unspecified atom stereocenters. The summed E-state index contributed by atoms with van der Waals surface area (Å²) in [5.41, 5.74) is 9.96. The summed E-state index contributed by atoms with van der Waals surface area (Å²) in [5, 5.41) is 0. The minimum atomic E-state index is 0.649. The highest BCUT2D eigenvalue weighted by atomic mass is 16.5. The van der Waals surface area contributed by atoms with Crippen molar-refractivity contribution in [2.24, 2.45) is 0 Å². The maximum absolute atomic E-state index is 5.86. The molecule has 0 bridgehead atoms. The molecule has 0 amide bonds. The molecule has 0 fully saturated rings. The standard InChI is InChI=1S/C14H18N2O/c1-4-17-14-8-7-12(15)9-13(14)16-10(2)5-6-11(16)3/h5-9H,4,15H2,1-3H3. The number of ether oxygens (including phenoxy) is 1. The molecular weight excluding hydrogens is 212 g/mol. The number of hydrogen-bond donors (Lipinski definition) is 1. The number of nitrogens with two attached hydrogens (primary N) is 1. The highest BCUT2D eigenvalue weighted by Crippen LogP contribution is 2.28. The second-order valence-electron chi connectivity index (χ2n) is 4.11. The zero-order valence-corrected chi connectivity index (χ0v) is 10.5. The first kappa shape index (κ1) is 11.6. The van der Waals surface area contributed by atoms with Crippen molar-refractivity contribution in [2.45, 2.75) is 20.8 Å². The van der Waals surface area contributed by atoms with E-state index < -0.39 is 0 Å². The van der Waals surface area contributed by atoms with Crippen LogP contribution in [0, 0.1) is 13.8 Å². The first-order valence-corrected chi connectivity index (χ1v) is 5.81. The lowest BCUT2D eigenvalue weighted by molar-refractivity contribution is 0.339. The molecule has 2 rings (SSSR count). The van der Waals surface area contributed by atoms with E-state index in [0.29, 0.717) is 6.61 Å². The van der Waals surface area contributed by atoms with E-state index in [9.17, 15) is 0 Å². The summed E-state index contributed by atoms with van der Waals surface area (Å²) in [6, 6.07) is 9.92. The molecule has 0 atom stereocenters. The molecular formula is C14H18N2O. The normalized spacial score (nSPS) is 10.5. The van der Waals surface area contributed by atoms with Crippen LogP contribution in [-0.4, -0.2) is 11.2 Å². The molecule has 1 aromatic carbocycles. The third-order valence-electron chi connectivity index (χ3n) is 2.79. The Kier molecular flexibility index (Phi) is 3.09. The summed E-state index contributed by atoms with van der Waals surface area (Å²) in [7, 11) is 0. The van der Waals surface area contributed by atoms with Gasteiger partial charge in [-0.25, -0.2) is 0 Å². The Balaban J connectivity index is 2.60. The molecule has 3 heteroatoms. The van der Waals surface area contributed by atoms with E-state index in [1.807, 2.05) is 25.1 Å². The fourth-order valence-electron chi connectivity index (χ4n) is 2.04. The molecule has 1 heterocycles. The maximum atomic E-state index is 5.86. The fourth-order valence-corrected chi connectivity index (χ4v) is 2.04. The number of benzene rings is 1. The van der Waals surface area contributed by atoms with Crippen LogP contribution in [-0.2, 0) is 0 Å². The van der Waals surface area contributed by atoms with Crippen LogP contribution in [0.15, 0.2) is 30.3 Å². The quantitative estimate of drug-likeness (QED) is 0.823. The van der Waals surface area contributed by atoms with Crippen molar-refractivity contribution in [3.05, 3.63) is 41.7 Å². The van der Waals surface area contributed by atoms with Crippen molar-refractivity contribution in [2.75, 3.05) is 12.3 Å². The third kappa shape index (κ3) is 2.13. The number of rotatable bonds is 3. The van der Waals surface area contributed by atoms with Crippen molar-refractivity contribution in [3.63, 3.8) is 0 Å². The number of anilines is 1. The van der Waals surface area contributed by atoms with Gasteiger partial charge in [-0.2, -0.15) is 0 Å². The Labute approximate surface area is 102 Å². The average molecular weight is 230 g/mol. The van der Waals surface area contributed by atoms with Crippen LogP contribution < -0.4 is 10.5 Å². The molecule has 0 aliphatic carbocycles. The first-order chi connectivity index (χ1) is 8.13. The lowest BCUT2D eigenvalue weighted by Gasteiger charge is -2.15. The van der Waals surface area contributed by atoms with Crippen molar-refractivity contribution < 1.29 is 4.74 Å². The van der Waals surface area contributed by atoms with Gasteiger partial charge in [0.2, 0.25) is 0 Å². The summed E-state index contributed by atoms with van der Waals surface area (Å²) in [5.74, 6) is 0.865. The molecule has 17 heavy (non-hydrogen) atoms. The van der Waals surface area contributed by atoms with E-state index in [4.69, 9.17) is 10.5 Å². The molecule has 0 aliphatic rings. The second kappa shape index (κ2) is 4.53. The topological polar surface area (TPSA) is 40.2 Å². The summed E-state index contributed by atoms with van der Waals surface area (Å²) < 4.78 is 7.80. The summed E-state index contributed by atoms with van der Waals surface area (Å²) in [6.45, 7) is 6.78. The zero-order valence-electron chi connectivity index (χ0n) is 10.5. The van der Waals surface area contributed by atoms with E-state index in [0.717, 1.165) is 17.1 Å². The van der Waals surface area contributed by atoms with Crippen LogP contribution in [0.3, 0.4) is 0 Å². The van der Waals surface area contributed by atoms with Gasteiger partial charge in [-0.05, 0) is 51.1 Å². The third-order valence-corrected chi connectivity index (χ3v) is 2.79. The first-order valence-electron chi connectivity index (χ1n) is 5.81. The molecule has 1 aromatic heterocycles. The monoisotopic (exact) mass is 230 g/mol. The van der Waals surface area contributed by atoms with Gasteiger partial charge < -0.3 is 15.0 Å². The van der Waals surface area contributed by atoms with Gasteiger partial charge in [0.25, 0.3) is 0 Å². The second-order valence-corrected chi connectivity index (χ2v) is 4.11. The molecule has 0 saturated heterocycles. The van der Waals surface area contributed by atoms with E-state index in [-0.39, 0.29) is 0 Å². The van der Waals surface area contributed by atoms with Crippen LogP contribution in [0.4, 0.5) is 5.69 Å². The fraction of sp³-hybridized carbons (Fsp3) is 0.286. The Bertz CT molecular complexity index is 510. The number of hydrogen-bond acceptors (Lipinski definition) is 2. The molecule has 0 aliphatic heterocycles. The SMILES string of the molecule is CCOc1ccc(N)cc1-n1c(C)ccc1C. The van der Waals surface area contributed by atoms with Gasteiger partial charge in [0.05, 0.1) is 12.3 Å². The van der Waals surface area contributed by atoms with Crippen LogP contribution in [0.25, 0.3) is 5.69 Å². The van der Waals surface area contributed by atoms with Gasteiger partial charge in [0, 0.05) is 17.1 Å². The highest BCUT2D eigenvalue weighted by molar-refractivity contribution is 5.57. The van der Waals surface area contributed by atoms with Gasteiger partial charge in [0.1, 0.15) is 5.75 Å². The highest BCUT2D eigenvalue weighted by Gasteiger charge is 2.10. The smallest absolute Gasteiger partial charge is 0.143 e. The van der Waals surface area contributed by atoms with E-state index in [2.05, 4.69) is 30.5 Å². The lowest BCUT2D eigenvalue weighted by Crippen LogP contribution is -2.04. The van der Waals surface area contributed by atoms with E-state index >= 15 is 0 Å². The molecule has 0 spiro atoms. The molecule has 90 valence electrons. The van der Waals surface area contributed by atoms with Gasteiger partial charge >= 0.3 is 0 Å². The molecule has 2 N–H and O–H groups in total. The predicted octanol–water partition coefficient (Wildman–Crippen LogP) is 3.08.